The molecule has 5 heteroatoms. The number of nitrogens with zero attached hydrogens (tertiary/aromatic N) is 1. The number of hydrogen-bond acceptors (Lipinski definition) is 3. The minimum Gasteiger partial charge on any atom is -0.309 e. The Labute approximate surface area is 145 Å². The Morgan fingerprint density at radius 3 is 2.12 bits per heavy atom. The molecule has 0 atom stereocenters. The van der Waals surface area contributed by atoms with Crippen LogP contribution in [-0.4, -0.2) is 26.8 Å². The first-order valence-corrected chi connectivity index (χ1v) is 9.45. The maximum Gasteiger partial charge on any atom is 0.242 e. The molecule has 1 N–H and O–H groups in total. The van der Waals surface area contributed by atoms with Gasteiger partial charge >= 0.3 is 0 Å². The maximum absolute atomic E-state index is 12.4. The predicted molar refractivity (Wildman–Crippen MR) is 98.5 cm³/mol. The molecule has 0 fully saturated rings. The van der Waals surface area contributed by atoms with E-state index in [0.717, 1.165) is 5.56 Å². The third-order valence-corrected chi connectivity index (χ3v) is 6.10. The summed E-state index contributed by atoms with van der Waals surface area (Å²) < 4.78 is 26.1. The minimum absolute atomic E-state index is 0.361. The van der Waals surface area contributed by atoms with Gasteiger partial charge < -0.3 is 5.32 Å². The summed E-state index contributed by atoms with van der Waals surface area (Å²) in [5, 5.41) is 3.39. The fraction of sp³-hybridized carbons (Fsp3) is 0.368. The monoisotopic (exact) mass is 346 g/mol. The van der Waals surface area contributed by atoms with Gasteiger partial charge in [-0.3, -0.25) is 0 Å². The second kappa shape index (κ2) is 7.47. The highest BCUT2D eigenvalue weighted by Crippen LogP contribution is 2.19. The second-order valence-corrected chi connectivity index (χ2v) is 8.50. The van der Waals surface area contributed by atoms with Crippen molar-refractivity contribution in [3.63, 3.8) is 0 Å². The third-order valence-electron chi connectivity index (χ3n) is 4.19. The lowest BCUT2D eigenvalue weighted by Gasteiger charge is -2.16. The summed E-state index contributed by atoms with van der Waals surface area (Å²) >= 11 is 0. The highest BCUT2D eigenvalue weighted by Gasteiger charge is 2.20. The summed E-state index contributed by atoms with van der Waals surface area (Å²) in [7, 11) is -0.323. The largest absolute Gasteiger partial charge is 0.309 e. The topological polar surface area (TPSA) is 49.4 Å². The lowest BCUT2D eigenvalue weighted by atomic mass is 10.00. The number of hydrogen-bond donors (Lipinski definition) is 1. The van der Waals surface area contributed by atoms with Gasteiger partial charge in [-0.15, -0.1) is 0 Å². The number of rotatable bonds is 6. The van der Waals surface area contributed by atoms with Crippen LogP contribution in [-0.2, 0) is 23.1 Å². The van der Waals surface area contributed by atoms with Crippen LogP contribution in [0.1, 0.15) is 27.8 Å². The molecular formula is C19H26N2O2S. The van der Waals surface area contributed by atoms with Crippen LogP contribution >= 0.6 is 0 Å². The molecule has 0 aliphatic carbocycles. The second-order valence-electron chi connectivity index (χ2n) is 6.38. The minimum atomic E-state index is -3.43. The average Bonchev–Trinajstić information content (AvgIpc) is 2.50. The zero-order chi connectivity index (χ0) is 17.9. The third kappa shape index (κ3) is 4.04. The molecule has 0 aliphatic heterocycles. The summed E-state index contributed by atoms with van der Waals surface area (Å²) in [4.78, 5) is 0.361. The van der Waals surface area contributed by atoms with E-state index in [0.29, 0.717) is 18.0 Å². The molecule has 0 aliphatic rings. The molecule has 4 nitrogen and oxygen atoms in total. The molecule has 0 amide bonds. The molecule has 0 unspecified atom stereocenters. The van der Waals surface area contributed by atoms with Crippen LogP contribution in [0, 0.1) is 20.8 Å². The van der Waals surface area contributed by atoms with Crippen LogP contribution in [0.25, 0.3) is 0 Å². The molecule has 0 saturated heterocycles. The van der Waals surface area contributed by atoms with Crippen LogP contribution in [0.15, 0.2) is 41.3 Å². The Hall–Kier alpha value is -1.69. The van der Waals surface area contributed by atoms with Crippen molar-refractivity contribution >= 4 is 10.0 Å². The lowest BCUT2D eigenvalue weighted by molar-refractivity contribution is 0.518. The van der Waals surface area contributed by atoms with Gasteiger partial charge in [0.2, 0.25) is 10.0 Å². The SMILES string of the molecule is Cc1cc(C)c(CNCc2ccccc2S(=O)(=O)N(C)C)c(C)c1. The Balaban J connectivity index is 2.17. The standard InChI is InChI=1S/C19H26N2O2S/c1-14-10-15(2)18(16(3)11-14)13-20-12-17-8-6-7-9-19(17)24(22,23)21(4)5/h6-11,20H,12-13H2,1-5H3. The first-order valence-electron chi connectivity index (χ1n) is 8.01. The molecule has 0 radical (unpaired) electrons. The smallest absolute Gasteiger partial charge is 0.242 e. The van der Waals surface area contributed by atoms with Gasteiger partial charge in [0.15, 0.2) is 0 Å². The van der Waals surface area contributed by atoms with Crippen molar-refractivity contribution in [2.75, 3.05) is 14.1 Å². The van der Waals surface area contributed by atoms with Gasteiger partial charge in [-0.05, 0) is 49.1 Å². The van der Waals surface area contributed by atoms with Gasteiger partial charge in [0, 0.05) is 27.2 Å². The summed E-state index contributed by atoms with van der Waals surface area (Å²) in [6.45, 7) is 7.55. The molecule has 130 valence electrons. The fourth-order valence-corrected chi connectivity index (χ4v) is 4.02. The predicted octanol–water partition coefficient (Wildman–Crippen LogP) is 3.15. The van der Waals surface area contributed by atoms with E-state index in [2.05, 4.69) is 38.2 Å². The highest BCUT2D eigenvalue weighted by molar-refractivity contribution is 7.89. The molecule has 0 bridgehead atoms. The number of benzene rings is 2. The van der Waals surface area contributed by atoms with Gasteiger partial charge in [0.05, 0.1) is 4.90 Å². The maximum atomic E-state index is 12.4. The van der Waals surface area contributed by atoms with Gasteiger partial charge in [-0.1, -0.05) is 35.9 Å². The average molecular weight is 346 g/mol. The quantitative estimate of drug-likeness (QED) is 0.874. The zero-order valence-electron chi connectivity index (χ0n) is 15.1. The molecule has 0 heterocycles. The molecule has 2 aromatic rings. The van der Waals surface area contributed by atoms with Gasteiger partial charge in [0.25, 0.3) is 0 Å². The van der Waals surface area contributed by atoms with Crippen molar-refractivity contribution < 1.29 is 8.42 Å². The summed E-state index contributed by atoms with van der Waals surface area (Å²) in [6.07, 6.45) is 0. The van der Waals surface area contributed by atoms with E-state index in [-0.39, 0.29) is 0 Å². The molecule has 0 spiro atoms. The van der Waals surface area contributed by atoms with E-state index in [9.17, 15) is 8.42 Å². The molecule has 0 saturated carbocycles. The van der Waals surface area contributed by atoms with Crippen LogP contribution in [0.5, 0.6) is 0 Å². The van der Waals surface area contributed by atoms with Gasteiger partial charge in [0.1, 0.15) is 0 Å². The van der Waals surface area contributed by atoms with Crippen molar-refractivity contribution in [2.24, 2.45) is 0 Å². The Kier molecular flexibility index (Phi) is 5.80. The molecule has 2 rings (SSSR count). The van der Waals surface area contributed by atoms with Crippen molar-refractivity contribution in [3.05, 3.63) is 64.2 Å². The highest BCUT2D eigenvalue weighted by atomic mass is 32.2. The van der Waals surface area contributed by atoms with E-state index in [4.69, 9.17) is 0 Å². The van der Waals surface area contributed by atoms with Crippen LogP contribution in [0.3, 0.4) is 0 Å². The fourth-order valence-electron chi connectivity index (χ4n) is 2.91. The van der Waals surface area contributed by atoms with Crippen LogP contribution in [0.2, 0.25) is 0 Å². The van der Waals surface area contributed by atoms with E-state index in [1.165, 1.54) is 26.6 Å². The lowest BCUT2D eigenvalue weighted by Crippen LogP contribution is -2.24. The normalized spacial score (nSPS) is 11.9. The molecule has 24 heavy (non-hydrogen) atoms. The van der Waals surface area contributed by atoms with E-state index >= 15 is 0 Å². The summed E-state index contributed by atoms with van der Waals surface area (Å²) in [6, 6.07) is 11.5. The Morgan fingerprint density at radius 2 is 1.54 bits per heavy atom. The van der Waals surface area contributed by atoms with Crippen molar-refractivity contribution in [2.45, 2.75) is 38.8 Å². The number of aryl methyl sites for hydroxylation is 3. The molecule has 2 aromatic carbocycles. The zero-order valence-corrected chi connectivity index (χ0v) is 15.9. The molecular weight excluding hydrogens is 320 g/mol. The van der Waals surface area contributed by atoms with Crippen molar-refractivity contribution in [1.29, 1.82) is 0 Å². The van der Waals surface area contributed by atoms with Gasteiger partial charge in [-0.2, -0.15) is 0 Å². The summed E-state index contributed by atoms with van der Waals surface area (Å²) in [5.74, 6) is 0. The van der Waals surface area contributed by atoms with E-state index in [1.54, 1.807) is 26.2 Å². The van der Waals surface area contributed by atoms with E-state index in [1.807, 2.05) is 12.1 Å². The van der Waals surface area contributed by atoms with Crippen molar-refractivity contribution in [1.82, 2.24) is 9.62 Å². The Bertz CT molecular complexity index is 804. The molecule has 0 aromatic heterocycles. The van der Waals surface area contributed by atoms with Crippen LogP contribution < -0.4 is 5.32 Å². The summed E-state index contributed by atoms with van der Waals surface area (Å²) in [5.41, 5.74) is 5.83. The number of sulfonamides is 1. The first-order chi connectivity index (χ1) is 11.2. The van der Waals surface area contributed by atoms with E-state index < -0.39 is 10.0 Å². The Morgan fingerprint density at radius 1 is 0.958 bits per heavy atom. The number of nitrogens with one attached hydrogen (secondary N) is 1. The first kappa shape index (κ1) is 18.6. The van der Waals surface area contributed by atoms with Crippen LogP contribution in [0.4, 0.5) is 0 Å². The van der Waals surface area contributed by atoms with Crippen molar-refractivity contribution in [3.8, 4) is 0 Å². The van der Waals surface area contributed by atoms with Gasteiger partial charge in [-0.25, -0.2) is 12.7 Å².